The van der Waals surface area contributed by atoms with E-state index in [1.54, 1.807) is 18.2 Å². The Bertz CT molecular complexity index is 762. The molecule has 0 aliphatic heterocycles. The lowest BCUT2D eigenvalue weighted by atomic mass is 10.1. The summed E-state index contributed by atoms with van der Waals surface area (Å²) in [4.78, 5) is 0. The van der Waals surface area contributed by atoms with Crippen LogP contribution >= 0.6 is 31.9 Å². The Balaban J connectivity index is 2.30. The number of alkyl halides is 3. The topological polar surface area (TPSA) is 18.5 Å². The van der Waals surface area contributed by atoms with Crippen LogP contribution in [0.5, 0.6) is 17.2 Å². The van der Waals surface area contributed by atoms with Crippen molar-refractivity contribution in [3.8, 4) is 17.2 Å². The number of rotatable bonds is 5. The van der Waals surface area contributed by atoms with Crippen molar-refractivity contribution in [2.45, 2.75) is 20.0 Å². The summed E-state index contributed by atoms with van der Waals surface area (Å²) in [6, 6.07) is 9.15. The molecule has 25 heavy (non-hydrogen) atoms. The Morgan fingerprint density at radius 2 is 1.64 bits per heavy atom. The van der Waals surface area contributed by atoms with Crippen LogP contribution in [0.3, 0.4) is 0 Å². The Morgan fingerprint density at radius 3 is 2.20 bits per heavy atom. The van der Waals surface area contributed by atoms with Crippen molar-refractivity contribution in [1.82, 2.24) is 0 Å². The van der Waals surface area contributed by atoms with Gasteiger partial charge in [-0.25, -0.2) is 0 Å². The van der Waals surface area contributed by atoms with E-state index in [0.29, 0.717) is 9.14 Å². The summed E-state index contributed by atoms with van der Waals surface area (Å²) in [7, 11) is 0. The van der Waals surface area contributed by atoms with E-state index in [0.717, 1.165) is 17.2 Å². The predicted molar refractivity (Wildman–Crippen MR) is 98.9 cm³/mol. The van der Waals surface area contributed by atoms with Gasteiger partial charge in [-0.15, -0.1) is 0 Å². The van der Waals surface area contributed by atoms with Crippen LogP contribution in [0.1, 0.15) is 16.7 Å². The van der Waals surface area contributed by atoms with Crippen molar-refractivity contribution < 1.29 is 22.6 Å². The third kappa shape index (κ3) is 6.08. The Morgan fingerprint density at radius 1 is 1.00 bits per heavy atom. The van der Waals surface area contributed by atoms with Crippen molar-refractivity contribution in [3.05, 3.63) is 62.6 Å². The summed E-state index contributed by atoms with van der Waals surface area (Å²) < 4.78 is 51.3. The first-order chi connectivity index (χ1) is 11.6. The average molecular weight is 480 g/mol. The van der Waals surface area contributed by atoms with E-state index in [1.807, 2.05) is 19.9 Å². The third-order valence-corrected chi connectivity index (χ3v) is 3.81. The molecule has 0 unspecified atom stereocenters. The predicted octanol–water partition coefficient (Wildman–Crippen LogP) is 7.12. The third-order valence-electron chi connectivity index (χ3n) is 3.16. The smallest absolute Gasteiger partial charge is 0.420 e. The minimum absolute atomic E-state index is 0.00775. The van der Waals surface area contributed by atoms with Gasteiger partial charge in [0.15, 0.2) is 0 Å². The molecule has 2 aromatic rings. The summed E-state index contributed by atoms with van der Waals surface area (Å²) in [5.41, 5.74) is 1.06. The lowest BCUT2D eigenvalue weighted by Crippen LogP contribution is -2.09. The maximum Gasteiger partial charge on any atom is 0.420 e. The first-order valence-electron chi connectivity index (χ1n) is 7.26. The van der Waals surface area contributed by atoms with Crippen molar-refractivity contribution >= 4 is 31.9 Å². The molecule has 2 nitrogen and oxygen atoms in total. The number of halogens is 5. The minimum atomic E-state index is -4.55. The van der Waals surface area contributed by atoms with Gasteiger partial charge in [-0.05, 0) is 93.2 Å². The highest BCUT2D eigenvalue weighted by atomic mass is 79.9. The molecule has 0 heterocycles. The van der Waals surface area contributed by atoms with Crippen molar-refractivity contribution in [2.24, 2.45) is 0 Å². The van der Waals surface area contributed by atoms with E-state index < -0.39 is 11.7 Å². The van der Waals surface area contributed by atoms with Crippen LogP contribution in [-0.2, 0) is 6.18 Å². The van der Waals surface area contributed by atoms with Crippen molar-refractivity contribution in [1.29, 1.82) is 0 Å². The van der Waals surface area contributed by atoms with Crippen LogP contribution in [0.25, 0.3) is 0 Å². The van der Waals surface area contributed by atoms with Crippen LogP contribution in [0.2, 0.25) is 0 Å². The second-order valence-corrected chi connectivity index (χ2v) is 8.16. The molecule has 2 aromatic carbocycles. The molecular formula is C18H15Br2F3O2. The zero-order chi connectivity index (χ0) is 18.6. The highest BCUT2D eigenvalue weighted by Gasteiger charge is 2.35. The monoisotopic (exact) mass is 478 g/mol. The average Bonchev–Trinajstić information content (AvgIpc) is 2.46. The highest BCUT2D eigenvalue weighted by molar-refractivity contribution is 9.28. The molecule has 2 rings (SSSR count). The summed E-state index contributed by atoms with van der Waals surface area (Å²) in [5, 5.41) is 0. The maximum atomic E-state index is 13.3. The van der Waals surface area contributed by atoms with Gasteiger partial charge >= 0.3 is 6.18 Å². The van der Waals surface area contributed by atoms with Crippen LogP contribution in [-0.4, -0.2) is 6.61 Å². The van der Waals surface area contributed by atoms with Crippen LogP contribution in [0.4, 0.5) is 13.2 Å². The van der Waals surface area contributed by atoms with Gasteiger partial charge in [-0.2, -0.15) is 13.2 Å². The molecule has 7 heteroatoms. The molecule has 0 aliphatic carbocycles. The standard InChI is InChI=1S/C18H15Br2F3O2/c1-11-7-12(2)9-14(8-11)25-13-3-4-16(24-6-5-17(19)20)15(10-13)18(21,22)23/h3-5,7-10H,6H2,1-2H3. The molecule has 0 spiro atoms. The summed E-state index contributed by atoms with van der Waals surface area (Å²) in [6.45, 7) is 3.78. The maximum absolute atomic E-state index is 13.3. The van der Waals surface area contributed by atoms with Crippen LogP contribution in [0.15, 0.2) is 45.9 Å². The fourth-order valence-corrected chi connectivity index (χ4v) is 2.51. The Kier molecular flexibility index (Phi) is 6.57. The summed E-state index contributed by atoms with van der Waals surface area (Å²) in [6.07, 6.45) is -2.99. The van der Waals surface area contributed by atoms with Gasteiger partial charge in [0.2, 0.25) is 0 Å². The minimum Gasteiger partial charge on any atom is -0.489 e. The largest absolute Gasteiger partial charge is 0.489 e. The summed E-state index contributed by atoms with van der Waals surface area (Å²) >= 11 is 6.24. The lowest BCUT2D eigenvalue weighted by Gasteiger charge is -2.15. The van der Waals surface area contributed by atoms with Gasteiger partial charge in [0, 0.05) is 0 Å². The molecule has 134 valence electrons. The van der Waals surface area contributed by atoms with Gasteiger partial charge in [-0.3, -0.25) is 0 Å². The van der Waals surface area contributed by atoms with Gasteiger partial charge in [0.05, 0.1) is 3.39 Å². The molecule has 0 aliphatic rings. The van der Waals surface area contributed by atoms with E-state index >= 15 is 0 Å². The number of aryl methyl sites for hydroxylation is 2. The molecule has 0 N–H and O–H groups in total. The first kappa shape index (κ1) is 19.8. The Hall–Kier alpha value is -1.47. The number of hydrogen-bond donors (Lipinski definition) is 0. The number of benzene rings is 2. The van der Waals surface area contributed by atoms with Crippen LogP contribution < -0.4 is 9.47 Å². The van der Waals surface area contributed by atoms with E-state index in [2.05, 4.69) is 31.9 Å². The molecule has 0 fully saturated rings. The zero-order valence-electron chi connectivity index (χ0n) is 13.5. The van der Waals surface area contributed by atoms with Gasteiger partial charge in [0.1, 0.15) is 29.4 Å². The molecule has 0 aromatic heterocycles. The van der Waals surface area contributed by atoms with E-state index in [1.165, 1.54) is 12.1 Å². The number of hydrogen-bond acceptors (Lipinski definition) is 2. The fraction of sp³-hybridized carbons (Fsp3) is 0.222. The molecule has 0 amide bonds. The normalized spacial score (nSPS) is 11.2. The van der Waals surface area contributed by atoms with Crippen molar-refractivity contribution in [3.63, 3.8) is 0 Å². The zero-order valence-corrected chi connectivity index (χ0v) is 16.6. The van der Waals surface area contributed by atoms with Crippen LogP contribution in [0, 0.1) is 13.8 Å². The van der Waals surface area contributed by atoms with E-state index in [4.69, 9.17) is 9.47 Å². The first-order valence-corrected chi connectivity index (χ1v) is 8.85. The number of ether oxygens (including phenoxy) is 2. The quantitative estimate of drug-likeness (QED) is 0.454. The molecular weight excluding hydrogens is 465 g/mol. The highest BCUT2D eigenvalue weighted by Crippen LogP contribution is 2.39. The van der Waals surface area contributed by atoms with E-state index in [9.17, 15) is 13.2 Å². The lowest BCUT2D eigenvalue weighted by molar-refractivity contribution is -0.138. The second-order valence-electron chi connectivity index (χ2n) is 5.39. The molecule has 0 bridgehead atoms. The van der Waals surface area contributed by atoms with Crippen molar-refractivity contribution in [2.75, 3.05) is 6.61 Å². The molecule has 0 radical (unpaired) electrons. The molecule has 0 saturated heterocycles. The van der Waals surface area contributed by atoms with E-state index in [-0.39, 0.29) is 18.1 Å². The molecule has 0 atom stereocenters. The SMILES string of the molecule is Cc1cc(C)cc(Oc2ccc(OCC=C(Br)Br)c(C(F)(F)F)c2)c1. The van der Waals surface area contributed by atoms with Gasteiger partial charge in [-0.1, -0.05) is 6.07 Å². The Labute approximate surface area is 160 Å². The molecule has 0 saturated carbocycles. The van der Waals surface area contributed by atoms with Gasteiger partial charge in [0.25, 0.3) is 0 Å². The van der Waals surface area contributed by atoms with Gasteiger partial charge < -0.3 is 9.47 Å². The summed E-state index contributed by atoms with van der Waals surface area (Å²) in [5.74, 6) is 0.338. The fourth-order valence-electron chi connectivity index (χ4n) is 2.24. The second kappa shape index (κ2) is 8.27.